The minimum Gasteiger partial charge on any atom is -0.369 e. The molecule has 0 radical (unpaired) electrons. The van der Waals surface area contributed by atoms with Gasteiger partial charge in [-0.2, -0.15) is 0 Å². The predicted octanol–water partition coefficient (Wildman–Crippen LogP) is 3.22. The summed E-state index contributed by atoms with van der Waals surface area (Å²) >= 11 is 0. The number of non-ortho nitro benzene ring substituents is 2. The summed E-state index contributed by atoms with van der Waals surface area (Å²) in [5.41, 5.74) is 2.47. The summed E-state index contributed by atoms with van der Waals surface area (Å²) < 4.78 is 12.5. The van der Waals surface area contributed by atoms with Gasteiger partial charge in [-0.15, -0.1) is 0 Å². The van der Waals surface area contributed by atoms with E-state index in [1.54, 1.807) is 12.1 Å². The molecule has 10 nitrogen and oxygen atoms in total. The Hall–Kier alpha value is -3.15. The smallest absolute Gasteiger partial charge is 0.269 e. The molecule has 0 atom stereocenters. The molecule has 2 aromatic carbocycles. The third kappa shape index (κ3) is 9.19. The highest BCUT2D eigenvalue weighted by Crippen LogP contribution is 2.25. The van der Waals surface area contributed by atoms with Crippen molar-refractivity contribution in [2.24, 2.45) is 0 Å². The van der Waals surface area contributed by atoms with Crippen molar-refractivity contribution in [2.45, 2.75) is 13.8 Å². The number of nitrogens with zero attached hydrogens (tertiary/aromatic N) is 5. The van der Waals surface area contributed by atoms with Crippen LogP contribution in [0.4, 0.5) is 21.5 Å². The van der Waals surface area contributed by atoms with E-state index in [0.29, 0.717) is 5.56 Å². The van der Waals surface area contributed by atoms with E-state index in [0.717, 1.165) is 62.7 Å². The molecule has 0 spiro atoms. The van der Waals surface area contributed by atoms with Crippen molar-refractivity contribution in [3.63, 3.8) is 0 Å². The third-order valence-electron chi connectivity index (χ3n) is 5.93. The first-order valence-corrected chi connectivity index (χ1v) is 11.6. The van der Waals surface area contributed by atoms with Crippen molar-refractivity contribution in [2.75, 3.05) is 71.4 Å². The summed E-state index contributed by atoms with van der Waals surface area (Å²) in [5.74, 6) is -0.421. The summed E-state index contributed by atoms with van der Waals surface area (Å²) in [7, 11) is 4.26. The van der Waals surface area contributed by atoms with Crippen molar-refractivity contribution < 1.29 is 14.2 Å². The van der Waals surface area contributed by atoms with E-state index in [1.165, 1.54) is 26.1 Å². The number of aryl methyl sites for hydroxylation is 2. The lowest BCUT2D eigenvalue weighted by Crippen LogP contribution is -2.44. The van der Waals surface area contributed by atoms with Crippen molar-refractivity contribution >= 4 is 17.1 Å². The van der Waals surface area contributed by atoms with Gasteiger partial charge in [0, 0.05) is 82.3 Å². The van der Waals surface area contributed by atoms with Crippen LogP contribution >= 0.6 is 0 Å². The van der Waals surface area contributed by atoms with Crippen LogP contribution < -0.4 is 10.2 Å². The molecule has 2 fully saturated rings. The first-order chi connectivity index (χ1) is 16.6. The Kier molecular flexibility index (Phi) is 11.0. The van der Waals surface area contributed by atoms with Gasteiger partial charge in [-0.05, 0) is 51.2 Å². The largest absolute Gasteiger partial charge is 0.369 e. The molecule has 2 aliphatic rings. The summed E-state index contributed by atoms with van der Waals surface area (Å²) in [5, 5.41) is 24.1. The van der Waals surface area contributed by atoms with E-state index in [-0.39, 0.29) is 16.3 Å². The van der Waals surface area contributed by atoms with Gasteiger partial charge in [0.05, 0.1) is 9.85 Å². The molecule has 2 heterocycles. The SMILES string of the molecule is CN1CCNCC1.Cc1cc([N+](=O)[O-])ccc1F.Cc1cc([N+](=O)[O-])ccc1N1CCN(C)CC1. The maximum Gasteiger partial charge on any atom is 0.269 e. The van der Waals surface area contributed by atoms with Gasteiger partial charge in [0.25, 0.3) is 11.4 Å². The van der Waals surface area contributed by atoms with Gasteiger partial charge in [-0.1, -0.05) is 0 Å². The van der Waals surface area contributed by atoms with Crippen LogP contribution in [0.25, 0.3) is 0 Å². The Morgan fingerprint density at radius 1 is 0.771 bits per heavy atom. The molecule has 35 heavy (non-hydrogen) atoms. The van der Waals surface area contributed by atoms with E-state index < -0.39 is 10.7 Å². The Bertz CT molecular complexity index is 992. The van der Waals surface area contributed by atoms with Gasteiger partial charge in [0.15, 0.2) is 0 Å². The van der Waals surface area contributed by atoms with Crippen LogP contribution in [0.3, 0.4) is 0 Å². The van der Waals surface area contributed by atoms with Crippen LogP contribution in [0.5, 0.6) is 0 Å². The number of nitrogens with one attached hydrogen (secondary N) is 1. The topological polar surface area (TPSA) is 108 Å². The number of anilines is 1. The molecular formula is C24H35FN6O4. The van der Waals surface area contributed by atoms with Crippen LogP contribution in [-0.2, 0) is 0 Å². The fourth-order valence-electron chi connectivity index (χ4n) is 3.67. The monoisotopic (exact) mass is 490 g/mol. The number of rotatable bonds is 3. The number of piperazine rings is 2. The fraction of sp³-hybridized carbons (Fsp3) is 0.500. The molecule has 192 valence electrons. The Balaban J connectivity index is 0.000000205. The van der Waals surface area contributed by atoms with Crippen LogP contribution in [0, 0.1) is 39.9 Å². The van der Waals surface area contributed by atoms with Gasteiger partial charge < -0.3 is 20.0 Å². The third-order valence-corrected chi connectivity index (χ3v) is 5.93. The highest BCUT2D eigenvalue weighted by atomic mass is 19.1. The second-order valence-electron chi connectivity index (χ2n) is 8.76. The van der Waals surface area contributed by atoms with E-state index in [2.05, 4.69) is 34.1 Å². The molecule has 0 aliphatic carbocycles. The first-order valence-electron chi connectivity index (χ1n) is 11.6. The maximum absolute atomic E-state index is 12.5. The quantitative estimate of drug-likeness (QED) is 0.516. The number of hydrogen-bond donors (Lipinski definition) is 1. The Labute approximate surface area is 205 Å². The van der Waals surface area contributed by atoms with Crippen LogP contribution in [0.15, 0.2) is 36.4 Å². The number of halogens is 1. The van der Waals surface area contributed by atoms with Gasteiger partial charge >= 0.3 is 0 Å². The molecule has 0 unspecified atom stereocenters. The number of nitro groups is 2. The van der Waals surface area contributed by atoms with Gasteiger partial charge in [-0.3, -0.25) is 20.2 Å². The molecule has 2 saturated heterocycles. The zero-order chi connectivity index (χ0) is 26.0. The molecular weight excluding hydrogens is 455 g/mol. The molecule has 11 heteroatoms. The summed E-state index contributed by atoms with van der Waals surface area (Å²) in [6, 6.07) is 8.53. The highest BCUT2D eigenvalue weighted by molar-refractivity contribution is 5.57. The first kappa shape index (κ1) is 28.1. The van der Waals surface area contributed by atoms with Gasteiger partial charge in [0.1, 0.15) is 5.82 Å². The summed E-state index contributed by atoms with van der Waals surface area (Å²) in [6.07, 6.45) is 0. The van der Waals surface area contributed by atoms with Crippen molar-refractivity contribution in [1.82, 2.24) is 15.1 Å². The zero-order valence-corrected chi connectivity index (χ0v) is 20.9. The van der Waals surface area contributed by atoms with Gasteiger partial charge in [-0.25, -0.2) is 4.39 Å². The number of hydrogen-bond acceptors (Lipinski definition) is 8. The van der Waals surface area contributed by atoms with Crippen LogP contribution in [0.1, 0.15) is 11.1 Å². The van der Waals surface area contributed by atoms with Crippen molar-refractivity contribution in [3.8, 4) is 0 Å². The molecule has 4 rings (SSSR count). The average molecular weight is 491 g/mol. The van der Waals surface area contributed by atoms with Gasteiger partial charge in [0.2, 0.25) is 0 Å². The molecule has 0 saturated carbocycles. The van der Waals surface area contributed by atoms with Crippen molar-refractivity contribution in [3.05, 3.63) is 73.6 Å². The zero-order valence-electron chi connectivity index (χ0n) is 20.9. The second-order valence-corrected chi connectivity index (χ2v) is 8.76. The van der Waals surface area contributed by atoms with Crippen LogP contribution in [-0.4, -0.2) is 86.1 Å². The standard InChI is InChI=1S/C12H17N3O2.C7H6FNO2.C5H12N2/c1-10-9-11(15(16)17)3-4-12(10)14-7-5-13(2)6-8-14;1-5-4-6(9(10)11)2-3-7(5)8;1-7-4-2-6-3-5-7/h3-4,9H,5-8H2,1-2H3;2-4H,1H3;6H,2-5H2,1H3. The van der Waals surface area contributed by atoms with E-state index >= 15 is 0 Å². The summed E-state index contributed by atoms with van der Waals surface area (Å²) in [6.45, 7) is 12.2. The predicted molar refractivity (Wildman–Crippen MR) is 136 cm³/mol. The number of benzene rings is 2. The minimum atomic E-state index is -0.549. The Morgan fingerprint density at radius 3 is 1.69 bits per heavy atom. The lowest BCUT2D eigenvalue weighted by molar-refractivity contribution is -0.385. The Morgan fingerprint density at radius 2 is 1.26 bits per heavy atom. The average Bonchev–Trinajstić information content (AvgIpc) is 2.82. The lowest BCUT2D eigenvalue weighted by atomic mass is 10.1. The summed E-state index contributed by atoms with van der Waals surface area (Å²) in [4.78, 5) is 26.8. The molecule has 1 N–H and O–H groups in total. The fourth-order valence-corrected chi connectivity index (χ4v) is 3.67. The second kappa shape index (κ2) is 13.7. The van der Waals surface area contributed by atoms with E-state index in [1.807, 2.05) is 13.0 Å². The normalized spacial score (nSPS) is 16.4. The van der Waals surface area contributed by atoms with E-state index in [4.69, 9.17) is 0 Å². The molecule has 0 bridgehead atoms. The van der Waals surface area contributed by atoms with Crippen molar-refractivity contribution in [1.29, 1.82) is 0 Å². The molecule has 2 aromatic rings. The maximum atomic E-state index is 12.5. The van der Waals surface area contributed by atoms with E-state index in [9.17, 15) is 24.6 Å². The van der Waals surface area contributed by atoms with Crippen LogP contribution in [0.2, 0.25) is 0 Å². The number of likely N-dealkylation sites (N-methyl/N-ethyl adjacent to an activating group) is 2. The molecule has 0 aromatic heterocycles. The highest BCUT2D eigenvalue weighted by Gasteiger charge is 2.17. The number of nitro benzene ring substituents is 2. The minimum absolute atomic E-state index is 0.0797. The molecule has 2 aliphatic heterocycles. The molecule has 0 amide bonds. The lowest BCUT2D eigenvalue weighted by Gasteiger charge is -2.34.